The van der Waals surface area contributed by atoms with Crippen LogP contribution in [0.2, 0.25) is 0 Å². The Kier molecular flexibility index (Phi) is 40.5. The van der Waals surface area contributed by atoms with Crippen LogP contribution in [0.3, 0.4) is 0 Å². The topological polar surface area (TPSA) is 55.8 Å². The van der Waals surface area contributed by atoms with Gasteiger partial charge in [-0.15, -0.1) is 0 Å². The summed E-state index contributed by atoms with van der Waals surface area (Å²) in [7, 11) is 0. The van der Waals surface area contributed by atoms with Crippen molar-refractivity contribution in [1.82, 2.24) is 0 Å². The van der Waals surface area contributed by atoms with E-state index in [9.17, 15) is 9.90 Å². The molecule has 47 heavy (non-hydrogen) atoms. The fourth-order valence-electron chi connectivity index (χ4n) is 6.38. The molecule has 0 saturated heterocycles. The average Bonchev–Trinajstić information content (AvgIpc) is 3.08. The molecule has 0 amide bonds. The molecule has 0 saturated carbocycles. The second-order valence-electron chi connectivity index (χ2n) is 14.4. The summed E-state index contributed by atoms with van der Waals surface area (Å²) in [5.74, 6) is -0.206. The van der Waals surface area contributed by atoms with Gasteiger partial charge in [-0.3, -0.25) is 4.79 Å². The van der Waals surface area contributed by atoms with Gasteiger partial charge in [-0.25, -0.2) is 0 Å². The molecule has 0 bridgehead atoms. The van der Waals surface area contributed by atoms with Crippen LogP contribution in [0.25, 0.3) is 0 Å². The molecule has 0 aliphatic carbocycles. The van der Waals surface area contributed by atoms with Gasteiger partial charge in [0.2, 0.25) is 0 Å². The van der Waals surface area contributed by atoms with Crippen molar-refractivity contribution >= 4 is 5.97 Å². The van der Waals surface area contributed by atoms with Gasteiger partial charge in [0.1, 0.15) is 6.10 Å². The number of esters is 1. The summed E-state index contributed by atoms with van der Waals surface area (Å²) >= 11 is 0. The van der Waals surface area contributed by atoms with E-state index in [1.165, 1.54) is 193 Å². The molecule has 280 valence electrons. The molecule has 4 nitrogen and oxygen atoms in total. The average molecular weight is 665 g/mol. The fourth-order valence-corrected chi connectivity index (χ4v) is 6.38. The number of unbranched alkanes of at least 4 members (excludes halogenated alkanes) is 30. The number of aliphatic hydroxyl groups is 1. The zero-order valence-electron chi connectivity index (χ0n) is 32.1. The maximum absolute atomic E-state index is 12.1. The SMILES string of the molecule is CCCCC/C=C\CCCCCCCC(=O)OC(CO)COCCCCCCCCCCCCCCCCCCCCCCCCC. The lowest BCUT2D eigenvalue weighted by Gasteiger charge is -2.15. The van der Waals surface area contributed by atoms with E-state index >= 15 is 0 Å². The molecule has 0 rings (SSSR count). The Hall–Kier alpha value is -0.870. The van der Waals surface area contributed by atoms with Gasteiger partial charge < -0.3 is 14.6 Å². The zero-order chi connectivity index (χ0) is 34.1. The standard InChI is InChI=1S/C43H84O4/c1-3-5-7-9-11-13-15-17-18-19-20-21-22-23-24-25-26-27-29-31-33-35-37-39-46-41-42(40-44)47-43(45)38-36-34-32-30-28-16-14-12-10-8-6-4-2/h12,14,42,44H,3-11,13,15-41H2,1-2H3/b14-12-. The first kappa shape index (κ1) is 46.1. The number of ether oxygens (including phenoxy) is 2. The summed E-state index contributed by atoms with van der Waals surface area (Å²) in [5, 5.41) is 9.57. The molecule has 0 aromatic heterocycles. The largest absolute Gasteiger partial charge is 0.457 e. The quantitative estimate of drug-likeness (QED) is 0.0402. The molecule has 0 aliphatic heterocycles. The first-order valence-electron chi connectivity index (χ1n) is 21.3. The number of allylic oxidation sites excluding steroid dienone is 2. The predicted molar refractivity (Wildman–Crippen MR) is 205 cm³/mol. The van der Waals surface area contributed by atoms with E-state index in [4.69, 9.17) is 9.47 Å². The Morgan fingerprint density at radius 1 is 0.489 bits per heavy atom. The van der Waals surface area contributed by atoms with Gasteiger partial charge in [0, 0.05) is 13.0 Å². The van der Waals surface area contributed by atoms with Crippen molar-refractivity contribution in [1.29, 1.82) is 0 Å². The summed E-state index contributed by atoms with van der Waals surface area (Å²) < 4.78 is 11.1. The third kappa shape index (κ3) is 39.5. The second-order valence-corrected chi connectivity index (χ2v) is 14.4. The van der Waals surface area contributed by atoms with Crippen LogP contribution in [0.4, 0.5) is 0 Å². The molecule has 0 fully saturated rings. The monoisotopic (exact) mass is 665 g/mol. The zero-order valence-corrected chi connectivity index (χ0v) is 32.1. The highest BCUT2D eigenvalue weighted by Gasteiger charge is 2.13. The molecule has 0 aromatic rings. The number of carbonyl (C=O) groups excluding carboxylic acids is 1. The van der Waals surface area contributed by atoms with Crippen molar-refractivity contribution in [3.63, 3.8) is 0 Å². The van der Waals surface area contributed by atoms with Crippen molar-refractivity contribution < 1.29 is 19.4 Å². The van der Waals surface area contributed by atoms with E-state index in [2.05, 4.69) is 26.0 Å². The number of hydrogen-bond acceptors (Lipinski definition) is 4. The van der Waals surface area contributed by atoms with Gasteiger partial charge in [0.05, 0.1) is 13.2 Å². The minimum Gasteiger partial charge on any atom is -0.457 e. The van der Waals surface area contributed by atoms with Gasteiger partial charge in [0.25, 0.3) is 0 Å². The Balaban J connectivity index is 3.34. The normalized spacial score (nSPS) is 12.3. The molecule has 4 heteroatoms. The lowest BCUT2D eigenvalue weighted by atomic mass is 10.0. The molecule has 1 unspecified atom stereocenters. The van der Waals surface area contributed by atoms with Crippen molar-refractivity contribution in [2.45, 2.75) is 238 Å². The first-order valence-corrected chi connectivity index (χ1v) is 21.3. The fraction of sp³-hybridized carbons (Fsp3) is 0.930. The third-order valence-corrected chi connectivity index (χ3v) is 9.59. The van der Waals surface area contributed by atoms with Crippen LogP contribution in [0.1, 0.15) is 232 Å². The number of carbonyl (C=O) groups is 1. The minimum absolute atomic E-state index is 0.170. The highest BCUT2D eigenvalue weighted by atomic mass is 16.6. The highest BCUT2D eigenvalue weighted by Crippen LogP contribution is 2.16. The molecular weight excluding hydrogens is 580 g/mol. The molecule has 0 heterocycles. The Morgan fingerprint density at radius 2 is 0.830 bits per heavy atom. The van der Waals surface area contributed by atoms with Crippen LogP contribution in [0.15, 0.2) is 12.2 Å². The van der Waals surface area contributed by atoms with Gasteiger partial charge in [-0.2, -0.15) is 0 Å². The molecule has 0 aliphatic rings. The van der Waals surface area contributed by atoms with Crippen molar-refractivity contribution in [3.05, 3.63) is 12.2 Å². The highest BCUT2D eigenvalue weighted by molar-refractivity contribution is 5.69. The minimum atomic E-state index is -0.531. The van der Waals surface area contributed by atoms with Crippen LogP contribution in [0, 0.1) is 0 Å². The van der Waals surface area contributed by atoms with Gasteiger partial charge >= 0.3 is 5.97 Å². The van der Waals surface area contributed by atoms with Crippen LogP contribution in [-0.2, 0) is 14.3 Å². The van der Waals surface area contributed by atoms with Gasteiger partial charge in [0.15, 0.2) is 0 Å². The first-order chi connectivity index (χ1) is 23.2. The predicted octanol–water partition coefficient (Wildman–Crippen LogP) is 13.8. The van der Waals surface area contributed by atoms with Crippen molar-refractivity contribution in [2.24, 2.45) is 0 Å². The molecule has 0 aromatic carbocycles. The Bertz CT molecular complexity index is 619. The maximum Gasteiger partial charge on any atom is 0.306 e. The molecule has 1 N–H and O–H groups in total. The van der Waals surface area contributed by atoms with E-state index in [-0.39, 0.29) is 12.6 Å². The van der Waals surface area contributed by atoms with E-state index in [0.29, 0.717) is 19.6 Å². The summed E-state index contributed by atoms with van der Waals surface area (Å²) in [4.78, 5) is 12.1. The van der Waals surface area contributed by atoms with Gasteiger partial charge in [-0.1, -0.05) is 199 Å². The number of aliphatic hydroxyl groups excluding tert-OH is 1. The van der Waals surface area contributed by atoms with Crippen LogP contribution in [-0.4, -0.2) is 37.0 Å². The summed E-state index contributed by atoms with van der Waals surface area (Å²) in [5.41, 5.74) is 0. The van der Waals surface area contributed by atoms with Crippen molar-refractivity contribution in [3.8, 4) is 0 Å². The Labute approximate surface area is 295 Å². The Morgan fingerprint density at radius 3 is 1.26 bits per heavy atom. The van der Waals surface area contributed by atoms with Crippen molar-refractivity contribution in [2.75, 3.05) is 19.8 Å². The molecule has 0 radical (unpaired) electrons. The van der Waals surface area contributed by atoms with Crippen LogP contribution in [0.5, 0.6) is 0 Å². The van der Waals surface area contributed by atoms with Gasteiger partial charge in [-0.05, 0) is 38.5 Å². The molecule has 0 spiro atoms. The molecule has 1 atom stereocenters. The lowest BCUT2D eigenvalue weighted by Crippen LogP contribution is -2.27. The van der Waals surface area contributed by atoms with E-state index in [0.717, 1.165) is 19.3 Å². The smallest absolute Gasteiger partial charge is 0.306 e. The lowest BCUT2D eigenvalue weighted by molar-refractivity contribution is -0.154. The maximum atomic E-state index is 12.1. The van der Waals surface area contributed by atoms with Crippen LogP contribution < -0.4 is 0 Å². The second kappa shape index (κ2) is 41.3. The molecular formula is C43H84O4. The number of rotatable bonds is 40. The number of hydrogen-bond donors (Lipinski definition) is 1. The summed E-state index contributed by atoms with van der Waals surface area (Å²) in [6.07, 6.45) is 48.5. The summed E-state index contributed by atoms with van der Waals surface area (Å²) in [6.45, 7) is 5.35. The third-order valence-electron chi connectivity index (χ3n) is 9.59. The van der Waals surface area contributed by atoms with E-state index < -0.39 is 6.10 Å². The van der Waals surface area contributed by atoms with Crippen LogP contribution >= 0.6 is 0 Å². The summed E-state index contributed by atoms with van der Waals surface area (Å²) in [6, 6.07) is 0. The van der Waals surface area contributed by atoms with E-state index in [1.807, 2.05) is 0 Å². The van der Waals surface area contributed by atoms with E-state index in [1.54, 1.807) is 0 Å².